The SMILES string of the molecule is Cc1cc(C)c(C23CCCC(C2)N(c2ccccc2)C3)c(C)c1. The summed E-state index contributed by atoms with van der Waals surface area (Å²) in [5.74, 6) is 0. The highest BCUT2D eigenvalue weighted by Gasteiger charge is 2.48. The van der Waals surface area contributed by atoms with E-state index in [1.54, 1.807) is 5.56 Å². The van der Waals surface area contributed by atoms with E-state index in [9.17, 15) is 0 Å². The Morgan fingerprint density at radius 2 is 1.70 bits per heavy atom. The van der Waals surface area contributed by atoms with Crippen LogP contribution in [-0.2, 0) is 5.41 Å². The Kier molecular flexibility index (Phi) is 3.48. The van der Waals surface area contributed by atoms with Gasteiger partial charge in [-0.15, -0.1) is 0 Å². The number of hydrogen-bond acceptors (Lipinski definition) is 1. The van der Waals surface area contributed by atoms with Gasteiger partial charge in [-0.25, -0.2) is 0 Å². The molecule has 1 nitrogen and oxygen atoms in total. The van der Waals surface area contributed by atoms with Crippen LogP contribution in [0.15, 0.2) is 42.5 Å². The van der Waals surface area contributed by atoms with Gasteiger partial charge >= 0.3 is 0 Å². The van der Waals surface area contributed by atoms with Crippen LogP contribution in [0.4, 0.5) is 5.69 Å². The van der Waals surface area contributed by atoms with Gasteiger partial charge in [0.25, 0.3) is 0 Å². The maximum atomic E-state index is 2.69. The van der Waals surface area contributed by atoms with Crippen LogP contribution < -0.4 is 4.90 Å². The molecule has 0 N–H and O–H groups in total. The third kappa shape index (κ3) is 2.38. The zero-order valence-corrected chi connectivity index (χ0v) is 14.6. The van der Waals surface area contributed by atoms with Gasteiger partial charge in [0, 0.05) is 23.7 Å². The van der Waals surface area contributed by atoms with E-state index in [2.05, 4.69) is 68.1 Å². The van der Waals surface area contributed by atoms with Crippen LogP contribution >= 0.6 is 0 Å². The molecule has 1 aliphatic carbocycles. The van der Waals surface area contributed by atoms with Crippen LogP contribution in [0.25, 0.3) is 0 Å². The Hall–Kier alpha value is -1.76. The second kappa shape index (κ2) is 5.40. The minimum atomic E-state index is 0.362. The molecule has 2 fully saturated rings. The molecule has 0 spiro atoms. The number of rotatable bonds is 2. The largest absolute Gasteiger partial charge is 0.368 e. The topological polar surface area (TPSA) is 3.24 Å². The maximum absolute atomic E-state index is 2.69. The summed E-state index contributed by atoms with van der Waals surface area (Å²) in [6.07, 6.45) is 5.38. The van der Waals surface area contributed by atoms with Gasteiger partial charge in [0.1, 0.15) is 0 Å². The number of hydrogen-bond donors (Lipinski definition) is 0. The highest BCUT2D eigenvalue weighted by Crippen LogP contribution is 2.50. The van der Waals surface area contributed by atoms with E-state index in [-0.39, 0.29) is 0 Å². The summed E-state index contributed by atoms with van der Waals surface area (Å²) in [6.45, 7) is 8.04. The molecule has 2 bridgehead atoms. The van der Waals surface area contributed by atoms with E-state index < -0.39 is 0 Å². The lowest BCUT2D eigenvalue weighted by atomic mass is 9.68. The van der Waals surface area contributed by atoms with E-state index in [4.69, 9.17) is 0 Å². The summed E-state index contributed by atoms with van der Waals surface area (Å²) >= 11 is 0. The van der Waals surface area contributed by atoms with Crippen LogP contribution in [0.1, 0.15) is 47.9 Å². The summed E-state index contributed by atoms with van der Waals surface area (Å²) in [6, 6.07) is 16.5. The third-order valence-corrected chi connectivity index (χ3v) is 6.03. The van der Waals surface area contributed by atoms with Crippen molar-refractivity contribution in [2.24, 2.45) is 0 Å². The highest BCUT2D eigenvalue weighted by atomic mass is 15.2. The summed E-state index contributed by atoms with van der Waals surface area (Å²) < 4.78 is 0. The van der Waals surface area contributed by atoms with Gasteiger partial charge in [0.15, 0.2) is 0 Å². The predicted molar refractivity (Wildman–Crippen MR) is 98.4 cm³/mol. The minimum Gasteiger partial charge on any atom is -0.368 e. The molecule has 1 saturated carbocycles. The molecule has 1 saturated heterocycles. The highest BCUT2D eigenvalue weighted by molar-refractivity contribution is 5.54. The molecule has 4 rings (SSSR count). The van der Waals surface area contributed by atoms with Crippen LogP contribution in [0, 0.1) is 20.8 Å². The Balaban J connectivity index is 1.77. The Bertz CT molecular complexity index is 695. The molecule has 2 aromatic carbocycles. The van der Waals surface area contributed by atoms with Crippen molar-refractivity contribution < 1.29 is 0 Å². The number of nitrogens with zero attached hydrogens (tertiary/aromatic N) is 1. The first-order valence-corrected chi connectivity index (χ1v) is 8.99. The molecule has 0 amide bonds. The van der Waals surface area contributed by atoms with Crippen LogP contribution in [-0.4, -0.2) is 12.6 Å². The first-order valence-electron chi connectivity index (χ1n) is 8.99. The zero-order valence-electron chi connectivity index (χ0n) is 14.6. The van der Waals surface area contributed by atoms with E-state index in [1.165, 1.54) is 54.6 Å². The van der Waals surface area contributed by atoms with Gasteiger partial charge in [0.2, 0.25) is 0 Å². The average Bonchev–Trinajstić information content (AvgIpc) is 2.78. The van der Waals surface area contributed by atoms with Crippen molar-refractivity contribution in [2.45, 2.75) is 57.9 Å². The normalized spacial score (nSPS) is 26.6. The fraction of sp³-hybridized carbons (Fsp3) is 0.455. The first-order chi connectivity index (χ1) is 11.1. The van der Waals surface area contributed by atoms with Gasteiger partial charge in [-0.1, -0.05) is 42.3 Å². The molecule has 1 heteroatoms. The molecule has 1 heterocycles. The summed E-state index contributed by atoms with van der Waals surface area (Å²) in [5, 5.41) is 0. The molecule has 1 aliphatic heterocycles. The number of anilines is 1. The van der Waals surface area contributed by atoms with Gasteiger partial charge < -0.3 is 4.90 Å². The Labute approximate surface area is 140 Å². The molecule has 120 valence electrons. The number of aryl methyl sites for hydroxylation is 3. The first kappa shape index (κ1) is 14.8. The van der Waals surface area contributed by atoms with Crippen LogP contribution in [0.5, 0.6) is 0 Å². The standard InChI is InChI=1S/C22H27N/c1-16-12-17(2)21(18(3)13-16)22-11-7-10-20(14-22)23(15-22)19-8-5-4-6-9-19/h4-6,8-9,12-13,20H,7,10-11,14-15H2,1-3H3. The second-order valence-electron chi connectivity index (χ2n) is 7.77. The summed E-state index contributed by atoms with van der Waals surface area (Å²) in [5.41, 5.74) is 7.80. The van der Waals surface area contributed by atoms with Crippen LogP contribution in [0.2, 0.25) is 0 Å². The van der Waals surface area contributed by atoms with Gasteiger partial charge in [-0.05, 0) is 68.9 Å². The van der Waals surface area contributed by atoms with Gasteiger partial charge in [-0.2, -0.15) is 0 Å². The lowest BCUT2D eigenvalue weighted by Gasteiger charge is -2.35. The zero-order chi connectivity index (χ0) is 16.0. The van der Waals surface area contributed by atoms with E-state index in [0.717, 1.165) is 0 Å². The second-order valence-corrected chi connectivity index (χ2v) is 7.77. The fourth-order valence-electron chi connectivity index (χ4n) is 5.44. The molecule has 0 radical (unpaired) electrons. The Morgan fingerprint density at radius 3 is 2.39 bits per heavy atom. The quantitative estimate of drug-likeness (QED) is 0.726. The van der Waals surface area contributed by atoms with Crippen molar-refractivity contribution in [2.75, 3.05) is 11.4 Å². The molecule has 2 aliphatic rings. The van der Waals surface area contributed by atoms with Crippen LogP contribution in [0.3, 0.4) is 0 Å². The molecular weight excluding hydrogens is 278 g/mol. The molecule has 2 unspecified atom stereocenters. The van der Waals surface area contributed by atoms with Crippen molar-refractivity contribution in [1.29, 1.82) is 0 Å². The predicted octanol–water partition coefficient (Wildman–Crippen LogP) is 5.31. The van der Waals surface area contributed by atoms with Crippen molar-refractivity contribution in [3.05, 3.63) is 64.7 Å². The van der Waals surface area contributed by atoms with Crippen molar-refractivity contribution >= 4 is 5.69 Å². The minimum absolute atomic E-state index is 0.362. The summed E-state index contributed by atoms with van der Waals surface area (Å²) in [4.78, 5) is 2.69. The molecule has 0 aromatic heterocycles. The van der Waals surface area contributed by atoms with Crippen molar-refractivity contribution in [3.63, 3.8) is 0 Å². The molecule has 23 heavy (non-hydrogen) atoms. The lowest BCUT2D eigenvalue weighted by molar-refractivity contribution is 0.349. The lowest BCUT2D eigenvalue weighted by Crippen LogP contribution is -2.32. The fourth-order valence-corrected chi connectivity index (χ4v) is 5.44. The van der Waals surface area contributed by atoms with Gasteiger partial charge in [-0.3, -0.25) is 0 Å². The monoisotopic (exact) mass is 305 g/mol. The number of fused-ring (bicyclic) bond motifs is 2. The number of para-hydroxylation sites is 1. The molecule has 2 atom stereocenters. The number of benzene rings is 2. The maximum Gasteiger partial charge on any atom is 0.0368 e. The molecular formula is C22H27N. The van der Waals surface area contributed by atoms with Gasteiger partial charge in [0.05, 0.1) is 0 Å². The van der Waals surface area contributed by atoms with Crippen molar-refractivity contribution in [3.8, 4) is 0 Å². The third-order valence-electron chi connectivity index (χ3n) is 6.03. The molecule has 2 aromatic rings. The van der Waals surface area contributed by atoms with E-state index >= 15 is 0 Å². The average molecular weight is 305 g/mol. The smallest absolute Gasteiger partial charge is 0.0368 e. The Morgan fingerprint density at radius 1 is 1.00 bits per heavy atom. The van der Waals surface area contributed by atoms with E-state index in [1.807, 2.05) is 0 Å². The van der Waals surface area contributed by atoms with Crippen molar-refractivity contribution in [1.82, 2.24) is 0 Å². The summed E-state index contributed by atoms with van der Waals surface area (Å²) in [7, 11) is 0. The van der Waals surface area contributed by atoms with E-state index in [0.29, 0.717) is 11.5 Å².